The number of amides is 2. The van der Waals surface area contributed by atoms with Gasteiger partial charge in [0.05, 0.1) is 15.6 Å². The maximum absolute atomic E-state index is 12.7. The highest BCUT2D eigenvalue weighted by atomic mass is 35.5. The van der Waals surface area contributed by atoms with E-state index in [1.54, 1.807) is 24.3 Å². The van der Waals surface area contributed by atoms with Crippen LogP contribution >= 0.6 is 22.9 Å². The minimum absolute atomic E-state index is 0.0768. The number of rotatable bonds is 4. The lowest BCUT2D eigenvalue weighted by atomic mass is 10.1. The number of anilines is 2. The van der Waals surface area contributed by atoms with E-state index in [0.29, 0.717) is 67.2 Å². The normalized spacial score (nSPS) is 15.3. The number of ether oxygens (including phenoxy) is 2. The van der Waals surface area contributed by atoms with Gasteiger partial charge in [-0.25, -0.2) is 0 Å². The highest BCUT2D eigenvalue weighted by molar-refractivity contribution is 7.12. The Morgan fingerprint density at radius 3 is 2.45 bits per heavy atom. The number of thiophene rings is 1. The number of carbonyl (C=O) groups is 2. The molecule has 170 valence electrons. The zero-order valence-electron chi connectivity index (χ0n) is 17.8. The standard InChI is InChI=1S/C24H22ClN3O4S/c25-18-15-17(26-23(29)16-3-6-20-21(14-16)32-12-11-31-20)4-5-19(18)27-7-9-28(10-8-27)24(30)22-2-1-13-33-22/h1-6,13-15H,7-12H2,(H,26,29). The second-order valence-electron chi connectivity index (χ2n) is 7.74. The topological polar surface area (TPSA) is 71.1 Å². The molecular formula is C24H22ClN3O4S. The minimum Gasteiger partial charge on any atom is -0.486 e. The lowest BCUT2D eigenvalue weighted by Gasteiger charge is -2.36. The van der Waals surface area contributed by atoms with Crippen LogP contribution < -0.4 is 19.7 Å². The third-order valence-electron chi connectivity index (χ3n) is 5.65. The summed E-state index contributed by atoms with van der Waals surface area (Å²) in [6, 6.07) is 14.3. The summed E-state index contributed by atoms with van der Waals surface area (Å²) in [5.41, 5.74) is 1.97. The molecule has 2 aromatic carbocycles. The van der Waals surface area contributed by atoms with E-state index in [9.17, 15) is 9.59 Å². The van der Waals surface area contributed by atoms with Gasteiger partial charge in [0, 0.05) is 37.4 Å². The van der Waals surface area contributed by atoms with Crippen molar-refractivity contribution in [3.05, 3.63) is 69.4 Å². The lowest BCUT2D eigenvalue weighted by molar-refractivity contribution is 0.0751. The molecule has 0 aliphatic carbocycles. The van der Waals surface area contributed by atoms with Crippen molar-refractivity contribution in [2.24, 2.45) is 0 Å². The van der Waals surface area contributed by atoms with Crippen molar-refractivity contribution in [2.45, 2.75) is 0 Å². The Labute approximate surface area is 200 Å². The smallest absolute Gasteiger partial charge is 0.264 e. The maximum atomic E-state index is 12.7. The zero-order chi connectivity index (χ0) is 22.8. The molecule has 0 saturated carbocycles. The summed E-state index contributed by atoms with van der Waals surface area (Å²) >= 11 is 8.02. The third-order valence-corrected chi connectivity index (χ3v) is 6.81. The fraction of sp³-hybridized carbons (Fsp3) is 0.250. The Balaban J connectivity index is 1.22. The van der Waals surface area contributed by atoms with Crippen molar-refractivity contribution >= 4 is 46.1 Å². The second-order valence-corrected chi connectivity index (χ2v) is 9.09. The largest absolute Gasteiger partial charge is 0.486 e. The highest BCUT2D eigenvalue weighted by Gasteiger charge is 2.24. The van der Waals surface area contributed by atoms with Gasteiger partial charge in [-0.3, -0.25) is 9.59 Å². The van der Waals surface area contributed by atoms with Crippen LogP contribution in [0.15, 0.2) is 53.9 Å². The molecule has 2 amide bonds. The molecular weight excluding hydrogens is 462 g/mol. The number of hydrogen-bond acceptors (Lipinski definition) is 6. The van der Waals surface area contributed by atoms with Crippen LogP contribution in [-0.4, -0.2) is 56.1 Å². The van der Waals surface area contributed by atoms with Gasteiger partial charge in [-0.05, 0) is 47.8 Å². The van der Waals surface area contributed by atoms with Gasteiger partial charge in [-0.1, -0.05) is 17.7 Å². The number of halogens is 1. The van der Waals surface area contributed by atoms with Crippen LogP contribution in [0.25, 0.3) is 0 Å². The van der Waals surface area contributed by atoms with E-state index in [-0.39, 0.29) is 11.8 Å². The SMILES string of the molecule is O=C(Nc1ccc(N2CCN(C(=O)c3cccs3)CC2)c(Cl)c1)c1ccc2c(c1)OCCO2. The summed E-state index contributed by atoms with van der Waals surface area (Å²) in [5, 5.41) is 5.35. The van der Waals surface area contributed by atoms with Gasteiger partial charge in [-0.15, -0.1) is 11.3 Å². The van der Waals surface area contributed by atoms with Gasteiger partial charge in [0.2, 0.25) is 0 Å². The highest BCUT2D eigenvalue weighted by Crippen LogP contribution is 2.32. The molecule has 0 unspecified atom stereocenters. The van der Waals surface area contributed by atoms with Crippen LogP contribution in [-0.2, 0) is 0 Å². The summed E-state index contributed by atoms with van der Waals surface area (Å²) in [5.74, 6) is 1.03. The first kappa shape index (κ1) is 21.6. The van der Waals surface area contributed by atoms with Crippen LogP contribution in [0.1, 0.15) is 20.0 Å². The average molecular weight is 484 g/mol. The quantitative estimate of drug-likeness (QED) is 0.596. The zero-order valence-corrected chi connectivity index (χ0v) is 19.3. The number of fused-ring (bicyclic) bond motifs is 1. The van der Waals surface area contributed by atoms with Gasteiger partial charge in [-0.2, -0.15) is 0 Å². The molecule has 5 rings (SSSR count). The summed E-state index contributed by atoms with van der Waals surface area (Å²) in [6.45, 7) is 3.62. The first-order chi connectivity index (χ1) is 16.1. The van der Waals surface area contributed by atoms with Crippen LogP contribution in [0.2, 0.25) is 5.02 Å². The van der Waals surface area contributed by atoms with Gasteiger partial charge < -0.3 is 24.6 Å². The van der Waals surface area contributed by atoms with E-state index >= 15 is 0 Å². The van der Waals surface area contributed by atoms with Crippen molar-refractivity contribution < 1.29 is 19.1 Å². The van der Waals surface area contributed by atoms with Gasteiger partial charge in [0.25, 0.3) is 11.8 Å². The number of nitrogens with one attached hydrogen (secondary N) is 1. The molecule has 2 aliphatic rings. The summed E-state index contributed by atoms with van der Waals surface area (Å²) in [6.07, 6.45) is 0. The third kappa shape index (κ3) is 4.62. The van der Waals surface area contributed by atoms with E-state index in [1.165, 1.54) is 11.3 Å². The van der Waals surface area contributed by atoms with Crippen molar-refractivity contribution in [3.8, 4) is 11.5 Å². The Bertz CT molecular complexity index is 1180. The molecule has 0 bridgehead atoms. The maximum Gasteiger partial charge on any atom is 0.264 e. The van der Waals surface area contributed by atoms with Crippen molar-refractivity contribution in [1.29, 1.82) is 0 Å². The Hall–Kier alpha value is -3.23. The molecule has 1 aromatic heterocycles. The Morgan fingerprint density at radius 2 is 1.73 bits per heavy atom. The van der Waals surface area contributed by atoms with Crippen LogP contribution in [0.5, 0.6) is 11.5 Å². The van der Waals surface area contributed by atoms with Crippen molar-refractivity contribution in [1.82, 2.24) is 4.90 Å². The van der Waals surface area contributed by atoms with Gasteiger partial charge >= 0.3 is 0 Å². The number of hydrogen-bond donors (Lipinski definition) is 1. The summed E-state index contributed by atoms with van der Waals surface area (Å²) in [7, 11) is 0. The molecule has 7 nitrogen and oxygen atoms in total. The van der Waals surface area contributed by atoms with Crippen molar-refractivity contribution in [3.63, 3.8) is 0 Å². The average Bonchev–Trinajstić information content (AvgIpc) is 3.39. The molecule has 0 atom stereocenters. The fourth-order valence-electron chi connectivity index (χ4n) is 3.94. The molecule has 1 saturated heterocycles. The van der Waals surface area contributed by atoms with E-state index < -0.39 is 0 Å². The number of piperazine rings is 1. The molecule has 3 aromatic rings. The minimum atomic E-state index is -0.253. The second kappa shape index (κ2) is 9.33. The Morgan fingerprint density at radius 1 is 0.939 bits per heavy atom. The predicted octanol–water partition coefficient (Wildman–Crippen LogP) is 4.39. The molecule has 1 N–H and O–H groups in total. The molecule has 0 spiro atoms. The van der Waals surface area contributed by atoms with Crippen LogP contribution in [0.3, 0.4) is 0 Å². The van der Waals surface area contributed by atoms with Crippen molar-refractivity contribution in [2.75, 3.05) is 49.6 Å². The summed E-state index contributed by atoms with van der Waals surface area (Å²) in [4.78, 5) is 30.0. The molecule has 2 aliphatic heterocycles. The number of benzene rings is 2. The number of carbonyl (C=O) groups excluding carboxylic acids is 2. The van der Waals surface area contributed by atoms with E-state index in [1.807, 2.05) is 34.5 Å². The van der Waals surface area contributed by atoms with E-state index in [2.05, 4.69) is 10.2 Å². The fourth-order valence-corrected chi connectivity index (χ4v) is 4.93. The van der Waals surface area contributed by atoms with Crippen LogP contribution in [0, 0.1) is 0 Å². The van der Waals surface area contributed by atoms with Gasteiger partial charge in [0.1, 0.15) is 13.2 Å². The Kier molecular flexibility index (Phi) is 6.11. The first-order valence-electron chi connectivity index (χ1n) is 10.7. The van der Waals surface area contributed by atoms with Crippen LogP contribution in [0.4, 0.5) is 11.4 Å². The monoisotopic (exact) mass is 483 g/mol. The van der Waals surface area contributed by atoms with E-state index in [0.717, 1.165) is 10.6 Å². The molecule has 3 heterocycles. The molecule has 0 radical (unpaired) electrons. The van der Waals surface area contributed by atoms with Gasteiger partial charge in [0.15, 0.2) is 11.5 Å². The van der Waals surface area contributed by atoms with E-state index in [4.69, 9.17) is 21.1 Å². The molecule has 1 fully saturated rings. The lowest BCUT2D eigenvalue weighted by Crippen LogP contribution is -2.48. The number of nitrogens with zero attached hydrogens (tertiary/aromatic N) is 2. The predicted molar refractivity (Wildman–Crippen MR) is 129 cm³/mol. The molecule has 9 heteroatoms. The molecule has 33 heavy (non-hydrogen) atoms. The summed E-state index contributed by atoms with van der Waals surface area (Å²) < 4.78 is 11.1. The first-order valence-corrected chi connectivity index (χ1v) is 11.9.